The Hall–Kier alpha value is -0.750. The zero-order valence-electron chi connectivity index (χ0n) is 8.72. The van der Waals surface area contributed by atoms with Crippen LogP contribution in [0.4, 0.5) is 0 Å². The van der Waals surface area contributed by atoms with Crippen LogP contribution in [0.5, 0.6) is 0 Å². The van der Waals surface area contributed by atoms with E-state index in [1.54, 1.807) is 11.8 Å². The van der Waals surface area contributed by atoms with Crippen LogP contribution in [0, 0.1) is 5.92 Å². The van der Waals surface area contributed by atoms with Crippen molar-refractivity contribution in [2.75, 3.05) is 24.7 Å². The van der Waals surface area contributed by atoms with Crippen LogP contribution in [-0.4, -0.2) is 33.7 Å². The number of hydrogen-bond acceptors (Lipinski definition) is 5. The highest BCUT2D eigenvalue weighted by Crippen LogP contribution is 2.21. The molecule has 6 heteroatoms. The van der Waals surface area contributed by atoms with Crippen LogP contribution in [0.3, 0.4) is 0 Å². The molecule has 1 aliphatic heterocycles. The molecule has 2 heterocycles. The van der Waals surface area contributed by atoms with Gasteiger partial charge in [-0.3, -0.25) is 0 Å². The Balaban J connectivity index is 1.68. The van der Waals surface area contributed by atoms with E-state index in [0.29, 0.717) is 0 Å². The Morgan fingerprint density at radius 1 is 1.53 bits per heavy atom. The third-order valence-electron chi connectivity index (χ3n) is 2.76. The molecule has 0 aliphatic carbocycles. The molecule has 0 amide bonds. The molecule has 1 aliphatic rings. The molecule has 3 N–H and O–H groups in total. The van der Waals surface area contributed by atoms with Gasteiger partial charge in [0, 0.05) is 5.75 Å². The van der Waals surface area contributed by atoms with Crippen molar-refractivity contribution in [2.45, 2.75) is 24.4 Å². The minimum Gasteiger partial charge on any atom is -0.336 e. The molecule has 0 saturated carbocycles. The molecule has 84 valence electrons. The van der Waals surface area contributed by atoms with Crippen LogP contribution in [0.15, 0.2) is 11.5 Å². The van der Waals surface area contributed by atoms with Crippen molar-refractivity contribution in [3.63, 3.8) is 0 Å². The summed E-state index contributed by atoms with van der Waals surface area (Å²) in [7, 11) is 0. The fourth-order valence-electron chi connectivity index (χ4n) is 1.82. The van der Waals surface area contributed by atoms with Crippen LogP contribution in [0.1, 0.15) is 19.3 Å². The van der Waals surface area contributed by atoms with Gasteiger partial charge in [0.2, 0.25) is 5.16 Å². The number of hydrogen-bond donors (Lipinski definition) is 2. The molecule has 0 atom stereocenters. The Labute approximate surface area is 93.8 Å². The molecule has 0 bridgehead atoms. The molecule has 5 nitrogen and oxygen atoms in total. The molecule has 0 aromatic carbocycles. The van der Waals surface area contributed by atoms with E-state index in [-0.39, 0.29) is 0 Å². The van der Waals surface area contributed by atoms with Crippen LogP contribution < -0.4 is 11.2 Å². The van der Waals surface area contributed by atoms with Gasteiger partial charge in [0.25, 0.3) is 0 Å². The van der Waals surface area contributed by atoms with Gasteiger partial charge in [-0.05, 0) is 38.3 Å². The first-order valence-corrected chi connectivity index (χ1v) is 6.33. The average molecular weight is 227 g/mol. The Bertz CT molecular complexity index is 294. The third kappa shape index (κ3) is 3.10. The molecule has 0 spiro atoms. The fraction of sp³-hybridized carbons (Fsp3) is 0.778. The molecule has 0 radical (unpaired) electrons. The third-order valence-corrected chi connectivity index (χ3v) is 3.75. The van der Waals surface area contributed by atoms with E-state index in [0.717, 1.165) is 16.8 Å². The highest BCUT2D eigenvalue weighted by molar-refractivity contribution is 7.99. The van der Waals surface area contributed by atoms with Crippen molar-refractivity contribution >= 4 is 11.8 Å². The van der Waals surface area contributed by atoms with Crippen molar-refractivity contribution in [3.05, 3.63) is 6.33 Å². The molecule has 0 unspecified atom stereocenters. The standard InChI is InChI=1S/C9H17N5S/c10-14-7-12-13-9(14)15-6-3-8-1-4-11-5-2-8/h7-8,11H,1-6,10H2. The summed E-state index contributed by atoms with van der Waals surface area (Å²) < 4.78 is 1.48. The van der Waals surface area contributed by atoms with Crippen LogP contribution in [-0.2, 0) is 0 Å². The summed E-state index contributed by atoms with van der Waals surface area (Å²) in [6.07, 6.45) is 5.39. The highest BCUT2D eigenvalue weighted by atomic mass is 32.2. The SMILES string of the molecule is Nn1cnnc1SCCC1CCNCC1. The number of nitrogens with zero attached hydrogens (tertiary/aromatic N) is 3. The van der Waals surface area contributed by atoms with Crippen molar-refractivity contribution in [1.29, 1.82) is 0 Å². The lowest BCUT2D eigenvalue weighted by Gasteiger charge is -2.21. The van der Waals surface area contributed by atoms with Gasteiger partial charge in [0.05, 0.1) is 0 Å². The van der Waals surface area contributed by atoms with Crippen LogP contribution in [0.25, 0.3) is 0 Å². The maximum Gasteiger partial charge on any atom is 0.209 e. The van der Waals surface area contributed by atoms with Gasteiger partial charge in [0.1, 0.15) is 6.33 Å². The quantitative estimate of drug-likeness (QED) is 0.578. The number of rotatable bonds is 4. The van der Waals surface area contributed by atoms with Gasteiger partial charge in [-0.2, -0.15) is 0 Å². The van der Waals surface area contributed by atoms with Crippen molar-refractivity contribution in [2.24, 2.45) is 5.92 Å². The number of thioether (sulfide) groups is 1. The Morgan fingerprint density at radius 3 is 3.00 bits per heavy atom. The second kappa shape index (κ2) is 5.37. The Kier molecular flexibility index (Phi) is 3.85. The van der Waals surface area contributed by atoms with Gasteiger partial charge < -0.3 is 11.2 Å². The summed E-state index contributed by atoms with van der Waals surface area (Å²) in [5.74, 6) is 7.57. The molecule has 2 rings (SSSR count). The number of piperidine rings is 1. The zero-order valence-corrected chi connectivity index (χ0v) is 9.54. The van der Waals surface area contributed by atoms with E-state index in [1.807, 2.05) is 0 Å². The van der Waals surface area contributed by atoms with Crippen molar-refractivity contribution in [1.82, 2.24) is 20.2 Å². The summed E-state index contributed by atoms with van der Waals surface area (Å²) in [5.41, 5.74) is 0. The largest absolute Gasteiger partial charge is 0.336 e. The number of nitrogens with two attached hydrogens (primary N) is 1. The second-order valence-electron chi connectivity index (χ2n) is 3.85. The molecule has 15 heavy (non-hydrogen) atoms. The first kappa shape index (κ1) is 10.8. The number of aromatic nitrogens is 3. The number of nitrogen functional groups attached to an aromatic ring is 1. The lowest BCUT2D eigenvalue weighted by atomic mass is 9.96. The normalized spacial score (nSPS) is 18.1. The van der Waals surface area contributed by atoms with E-state index >= 15 is 0 Å². The van der Waals surface area contributed by atoms with Gasteiger partial charge >= 0.3 is 0 Å². The molecule has 1 aromatic rings. The monoisotopic (exact) mass is 227 g/mol. The van der Waals surface area contributed by atoms with Crippen molar-refractivity contribution < 1.29 is 0 Å². The second-order valence-corrected chi connectivity index (χ2v) is 4.91. The minimum absolute atomic E-state index is 0.809. The van der Waals surface area contributed by atoms with E-state index in [1.165, 1.54) is 43.4 Å². The summed E-state index contributed by atoms with van der Waals surface area (Å²) in [6.45, 7) is 2.34. The highest BCUT2D eigenvalue weighted by Gasteiger charge is 2.13. The average Bonchev–Trinajstić information content (AvgIpc) is 2.66. The van der Waals surface area contributed by atoms with E-state index in [2.05, 4.69) is 15.5 Å². The summed E-state index contributed by atoms with van der Waals surface area (Å²) >= 11 is 1.69. The van der Waals surface area contributed by atoms with Crippen LogP contribution in [0.2, 0.25) is 0 Å². The smallest absolute Gasteiger partial charge is 0.209 e. The predicted octanol–water partition coefficient (Wildman–Crippen LogP) is 0.474. The molecular weight excluding hydrogens is 210 g/mol. The maximum absolute atomic E-state index is 5.62. The van der Waals surface area contributed by atoms with Gasteiger partial charge in [0.15, 0.2) is 0 Å². The topological polar surface area (TPSA) is 68.8 Å². The zero-order chi connectivity index (χ0) is 10.5. The summed E-state index contributed by atoms with van der Waals surface area (Å²) in [4.78, 5) is 0. The maximum atomic E-state index is 5.62. The molecule has 1 aromatic heterocycles. The summed E-state index contributed by atoms with van der Waals surface area (Å²) in [5, 5.41) is 11.9. The lowest BCUT2D eigenvalue weighted by molar-refractivity contribution is 0.367. The van der Waals surface area contributed by atoms with Gasteiger partial charge in [-0.15, -0.1) is 10.2 Å². The number of nitrogens with one attached hydrogen (secondary N) is 1. The van der Waals surface area contributed by atoms with Crippen LogP contribution >= 0.6 is 11.8 Å². The summed E-state index contributed by atoms with van der Waals surface area (Å²) in [6, 6.07) is 0. The minimum atomic E-state index is 0.809. The molecule has 1 saturated heterocycles. The lowest BCUT2D eigenvalue weighted by Crippen LogP contribution is -2.27. The van der Waals surface area contributed by atoms with E-state index in [9.17, 15) is 0 Å². The Morgan fingerprint density at radius 2 is 2.33 bits per heavy atom. The fourth-order valence-corrected chi connectivity index (χ4v) is 2.76. The van der Waals surface area contributed by atoms with Crippen molar-refractivity contribution in [3.8, 4) is 0 Å². The van der Waals surface area contributed by atoms with Gasteiger partial charge in [-0.25, -0.2) is 4.68 Å². The predicted molar refractivity (Wildman–Crippen MR) is 61.1 cm³/mol. The molecule has 1 fully saturated rings. The van der Waals surface area contributed by atoms with E-state index < -0.39 is 0 Å². The van der Waals surface area contributed by atoms with E-state index in [4.69, 9.17) is 5.84 Å². The molecular formula is C9H17N5S. The first-order chi connectivity index (χ1) is 7.36. The van der Waals surface area contributed by atoms with Gasteiger partial charge in [-0.1, -0.05) is 11.8 Å². The first-order valence-electron chi connectivity index (χ1n) is 5.35.